The Bertz CT molecular complexity index is 327. The number of piperidine rings is 1. The zero-order chi connectivity index (χ0) is 11.5. The first-order chi connectivity index (χ1) is 8.43. The van der Waals surface area contributed by atoms with Crippen LogP contribution in [0.15, 0.2) is 4.52 Å². The van der Waals surface area contributed by atoms with E-state index in [2.05, 4.69) is 15.5 Å². The molecule has 0 spiro atoms. The molecule has 0 amide bonds. The molecule has 6 heteroatoms. The van der Waals surface area contributed by atoms with Gasteiger partial charge in [-0.3, -0.25) is 0 Å². The lowest BCUT2D eigenvalue weighted by atomic mass is 9.98. The molecule has 0 saturated carbocycles. The van der Waals surface area contributed by atoms with Crippen LogP contribution in [0, 0.1) is 0 Å². The van der Waals surface area contributed by atoms with E-state index >= 15 is 0 Å². The fraction of sp³-hybridized carbons (Fsp3) is 0.833. The smallest absolute Gasteiger partial charge is 0.231 e. The number of halogens is 1. The third-order valence-electron chi connectivity index (χ3n) is 3.69. The van der Waals surface area contributed by atoms with Gasteiger partial charge in [-0.15, -0.1) is 12.4 Å². The van der Waals surface area contributed by atoms with Crippen molar-refractivity contribution in [2.45, 2.75) is 37.5 Å². The zero-order valence-corrected chi connectivity index (χ0v) is 11.2. The molecular formula is C12H20ClN3O2. The highest BCUT2D eigenvalue weighted by atomic mass is 35.5. The molecule has 2 aliphatic heterocycles. The number of hydrogen-bond donors (Lipinski definition) is 1. The Balaban J connectivity index is 0.00000120. The molecule has 102 valence electrons. The van der Waals surface area contributed by atoms with E-state index in [1.54, 1.807) is 0 Å². The Morgan fingerprint density at radius 1 is 1.11 bits per heavy atom. The first-order valence-electron chi connectivity index (χ1n) is 6.55. The van der Waals surface area contributed by atoms with Crippen LogP contribution in [-0.2, 0) is 4.74 Å². The summed E-state index contributed by atoms with van der Waals surface area (Å²) >= 11 is 0. The fourth-order valence-corrected chi connectivity index (χ4v) is 2.60. The monoisotopic (exact) mass is 273 g/mol. The van der Waals surface area contributed by atoms with Gasteiger partial charge in [0.15, 0.2) is 5.82 Å². The van der Waals surface area contributed by atoms with E-state index in [1.165, 1.54) is 6.42 Å². The predicted octanol–water partition coefficient (Wildman–Crippen LogP) is 1.85. The van der Waals surface area contributed by atoms with Gasteiger partial charge in [0, 0.05) is 25.7 Å². The van der Waals surface area contributed by atoms with Crippen molar-refractivity contribution >= 4 is 12.4 Å². The number of hydrogen-bond acceptors (Lipinski definition) is 5. The minimum Gasteiger partial charge on any atom is -0.381 e. The molecule has 0 bridgehead atoms. The molecule has 5 nitrogen and oxygen atoms in total. The maximum Gasteiger partial charge on any atom is 0.231 e. The van der Waals surface area contributed by atoms with Crippen LogP contribution in [-0.4, -0.2) is 36.4 Å². The summed E-state index contributed by atoms with van der Waals surface area (Å²) in [5, 5.41) is 7.52. The molecule has 2 fully saturated rings. The molecule has 2 saturated heterocycles. The van der Waals surface area contributed by atoms with Crippen LogP contribution in [0.2, 0.25) is 0 Å². The normalized spacial score (nSPS) is 25.7. The maximum absolute atomic E-state index is 5.42. The van der Waals surface area contributed by atoms with Crippen molar-refractivity contribution in [3.05, 3.63) is 11.7 Å². The summed E-state index contributed by atoms with van der Waals surface area (Å²) in [5.74, 6) is 2.54. The van der Waals surface area contributed by atoms with Gasteiger partial charge in [0.25, 0.3) is 0 Å². The number of nitrogens with one attached hydrogen (secondary N) is 1. The maximum atomic E-state index is 5.42. The molecule has 1 N–H and O–H groups in total. The summed E-state index contributed by atoms with van der Waals surface area (Å²) in [7, 11) is 0. The molecule has 3 heterocycles. The van der Waals surface area contributed by atoms with Gasteiger partial charge >= 0.3 is 0 Å². The average Bonchev–Trinajstić information content (AvgIpc) is 2.90. The Morgan fingerprint density at radius 2 is 1.94 bits per heavy atom. The average molecular weight is 274 g/mol. The SMILES string of the molecule is C1CNCC(c2nc(C3CCOCC3)no2)C1.Cl. The summed E-state index contributed by atoms with van der Waals surface area (Å²) in [5.41, 5.74) is 0. The Kier molecular flexibility index (Phi) is 4.97. The summed E-state index contributed by atoms with van der Waals surface area (Å²) in [4.78, 5) is 4.58. The lowest BCUT2D eigenvalue weighted by molar-refractivity contribution is 0.0830. The Labute approximate surface area is 113 Å². The highest BCUT2D eigenvalue weighted by Crippen LogP contribution is 2.27. The molecular weight excluding hydrogens is 254 g/mol. The van der Waals surface area contributed by atoms with E-state index < -0.39 is 0 Å². The van der Waals surface area contributed by atoms with Crippen LogP contribution in [0.3, 0.4) is 0 Å². The molecule has 1 aromatic heterocycles. The van der Waals surface area contributed by atoms with Crippen molar-refractivity contribution in [1.29, 1.82) is 0 Å². The van der Waals surface area contributed by atoms with E-state index in [0.717, 1.165) is 57.3 Å². The van der Waals surface area contributed by atoms with Gasteiger partial charge < -0.3 is 14.6 Å². The molecule has 3 rings (SSSR count). The zero-order valence-electron chi connectivity index (χ0n) is 10.4. The quantitative estimate of drug-likeness (QED) is 0.891. The van der Waals surface area contributed by atoms with Crippen LogP contribution >= 0.6 is 12.4 Å². The molecule has 18 heavy (non-hydrogen) atoms. The van der Waals surface area contributed by atoms with Gasteiger partial charge in [-0.25, -0.2) is 0 Å². The largest absolute Gasteiger partial charge is 0.381 e. The lowest BCUT2D eigenvalue weighted by Crippen LogP contribution is -2.28. The van der Waals surface area contributed by atoms with E-state index in [4.69, 9.17) is 9.26 Å². The molecule has 1 atom stereocenters. The van der Waals surface area contributed by atoms with Gasteiger partial charge in [0.2, 0.25) is 5.89 Å². The first kappa shape index (κ1) is 13.8. The number of ether oxygens (including phenoxy) is 1. The molecule has 0 aliphatic carbocycles. The Morgan fingerprint density at radius 3 is 2.67 bits per heavy atom. The van der Waals surface area contributed by atoms with Gasteiger partial charge in [-0.05, 0) is 32.2 Å². The molecule has 0 radical (unpaired) electrons. The third kappa shape index (κ3) is 3.02. The Hall–Kier alpha value is -0.650. The standard InChI is InChI=1S/C12H19N3O2.ClH/c1-2-10(8-13-5-1)12-14-11(15-17-12)9-3-6-16-7-4-9;/h9-10,13H,1-8H2;1H. The fourth-order valence-electron chi connectivity index (χ4n) is 2.60. The summed E-state index contributed by atoms with van der Waals surface area (Å²) in [6.45, 7) is 3.71. The van der Waals surface area contributed by atoms with Crippen molar-refractivity contribution in [1.82, 2.24) is 15.5 Å². The molecule has 1 unspecified atom stereocenters. The van der Waals surface area contributed by atoms with E-state index in [1.807, 2.05) is 0 Å². The second-order valence-corrected chi connectivity index (χ2v) is 4.92. The van der Waals surface area contributed by atoms with Gasteiger partial charge in [0.05, 0.1) is 5.92 Å². The van der Waals surface area contributed by atoms with E-state index in [9.17, 15) is 0 Å². The van der Waals surface area contributed by atoms with Crippen LogP contribution in [0.1, 0.15) is 49.2 Å². The minimum atomic E-state index is 0. The first-order valence-corrected chi connectivity index (χ1v) is 6.55. The van der Waals surface area contributed by atoms with Crippen molar-refractivity contribution in [2.75, 3.05) is 26.3 Å². The highest BCUT2D eigenvalue weighted by Gasteiger charge is 2.25. The van der Waals surface area contributed by atoms with Crippen molar-refractivity contribution in [2.24, 2.45) is 0 Å². The van der Waals surface area contributed by atoms with Gasteiger partial charge in [0.1, 0.15) is 0 Å². The number of aromatic nitrogens is 2. The van der Waals surface area contributed by atoms with E-state index in [-0.39, 0.29) is 12.4 Å². The van der Waals surface area contributed by atoms with Crippen LogP contribution < -0.4 is 5.32 Å². The molecule has 0 aromatic carbocycles. The molecule has 2 aliphatic rings. The van der Waals surface area contributed by atoms with Gasteiger partial charge in [-0.2, -0.15) is 4.98 Å². The van der Waals surface area contributed by atoms with Gasteiger partial charge in [-0.1, -0.05) is 5.16 Å². The van der Waals surface area contributed by atoms with Crippen molar-refractivity contribution in [3.8, 4) is 0 Å². The van der Waals surface area contributed by atoms with Crippen molar-refractivity contribution in [3.63, 3.8) is 0 Å². The van der Waals surface area contributed by atoms with Crippen LogP contribution in [0.25, 0.3) is 0 Å². The number of rotatable bonds is 2. The summed E-state index contributed by atoms with van der Waals surface area (Å²) < 4.78 is 10.8. The lowest BCUT2D eigenvalue weighted by Gasteiger charge is -2.19. The molecule has 1 aromatic rings. The predicted molar refractivity (Wildman–Crippen MR) is 69.2 cm³/mol. The van der Waals surface area contributed by atoms with Crippen LogP contribution in [0.4, 0.5) is 0 Å². The summed E-state index contributed by atoms with van der Waals surface area (Å²) in [6.07, 6.45) is 4.38. The second-order valence-electron chi connectivity index (χ2n) is 4.92. The topological polar surface area (TPSA) is 60.2 Å². The second kappa shape index (κ2) is 6.50. The number of nitrogens with zero attached hydrogens (tertiary/aromatic N) is 2. The van der Waals surface area contributed by atoms with E-state index in [0.29, 0.717) is 11.8 Å². The highest BCUT2D eigenvalue weighted by molar-refractivity contribution is 5.85. The summed E-state index contributed by atoms with van der Waals surface area (Å²) in [6, 6.07) is 0. The third-order valence-corrected chi connectivity index (χ3v) is 3.69. The van der Waals surface area contributed by atoms with Crippen LogP contribution in [0.5, 0.6) is 0 Å². The minimum absolute atomic E-state index is 0. The van der Waals surface area contributed by atoms with Crippen molar-refractivity contribution < 1.29 is 9.26 Å².